The number of ether oxygens (including phenoxy) is 6. The number of carbonyl (C=O) groups excluding carboxylic acids is 2. The van der Waals surface area contributed by atoms with E-state index < -0.39 is 55.8 Å². The van der Waals surface area contributed by atoms with Crippen molar-refractivity contribution >= 4 is 56.1 Å². The normalized spacial score (nSPS) is 14.1. The summed E-state index contributed by atoms with van der Waals surface area (Å²) >= 11 is 0. The lowest BCUT2D eigenvalue weighted by atomic mass is 10.1. The Labute approximate surface area is 696 Å². The first-order valence-corrected chi connectivity index (χ1v) is 51.9. The lowest BCUT2D eigenvalue weighted by molar-refractivity contribution is -0.131. The van der Waals surface area contributed by atoms with Crippen LogP contribution >= 0.6 is 0 Å². The SMILES string of the molecule is C=COc1ccc(CCC[Si](OCC)(OCC)OCC)cc1.CCO[Si](CCCc1ccc(OC(=O)OC(C)(C)C)cc1)(OCC)OCC.CCO[Si](CCCc1ccc(OC(C)=O)cc1)(OCC)OCC.CCO[Si](CCCc1ccc(OC2CCCCO2)cc1)(OCC)OCC.CCO[Si]1(OCC)CCCc2ccccc2O1. The van der Waals surface area contributed by atoms with Gasteiger partial charge in [0.15, 0.2) is 6.29 Å². The topological polar surface area (TPSA) is 228 Å². The molecule has 0 aliphatic carbocycles. The molecule has 650 valence electrons. The Balaban J connectivity index is 0.000000375. The molecule has 1 atom stereocenters. The summed E-state index contributed by atoms with van der Waals surface area (Å²) in [5, 5.41) is 0. The largest absolute Gasteiger partial charge is 0.566 e. The van der Waals surface area contributed by atoms with Crippen molar-refractivity contribution in [1.82, 2.24) is 0 Å². The van der Waals surface area contributed by atoms with Crippen LogP contribution in [0.1, 0.15) is 204 Å². The number of para-hydroxylation sites is 1. The fraction of sp³-hybridized carbons (Fsp3) is 0.609. The highest BCUT2D eigenvalue weighted by atomic mass is 28.4. The summed E-state index contributed by atoms with van der Waals surface area (Å²) in [6.07, 6.45) is 13.6. The molecule has 5 aromatic carbocycles. The molecule has 0 aromatic heterocycles. The van der Waals surface area contributed by atoms with Gasteiger partial charge in [0.1, 0.15) is 34.3 Å². The molecule has 1 unspecified atom stereocenters. The molecule has 0 spiro atoms. The Morgan fingerprint density at radius 3 is 1.09 bits per heavy atom. The van der Waals surface area contributed by atoms with E-state index in [1.165, 1.54) is 41.9 Å². The summed E-state index contributed by atoms with van der Waals surface area (Å²) in [5.41, 5.74) is 5.58. The summed E-state index contributed by atoms with van der Waals surface area (Å²) in [6.45, 7) is 47.5. The van der Waals surface area contributed by atoms with Crippen molar-refractivity contribution in [2.45, 2.75) is 250 Å². The molecule has 1 saturated heterocycles. The molecule has 115 heavy (non-hydrogen) atoms. The van der Waals surface area contributed by atoms with E-state index in [4.69, 9.17) is 94.8 Å². The van der Waals surface area contributed by atoms with Crippen LogP contribution in [0.15, 0.2) is 134 Å². The van der Waals surface area contributed by atoms with Gasteiger partial charge >= 0.3 is 56.1 Å². The van der Waals surface area contributed by atoms with E-state index in [0.29, 0.717) is 104 Å². The molecule has 0 amide bonds. The number of fused-ring (bicyclic) bond motifs is 1. The Kier molecular flexibility index (Phi) is 54.1. The molecule has 7 rings (SSSR count). The minimum absolute atomic E-state index is 0.0928. The fourth-order valence-corrected chi connectivity index (χ4v) is 25.8. The molecule has 2 aliphatic rings. The Bertz CT molecular complexity index is 3220. The Morgan fingerprint density at radius 1 is 0.435 bits per heavy atom. The molecule has 2 aliphatic heterocycles. The van der Waals surface area contributed by atoms with Gasteiger partial charge in [0.2, 0.25) is 0 Å². The summed E-state index contributed by atoms with van der Waals surface area (Å²) in [7, 11) is -12.7. The third kappa shape index (κ3) is 42.8. The molecule has 5 aromatic rings. The fourth-order valence-electron chi connectivity index (χ4n) is 12.8. The highest BCUT2D eigenvalue weighted by molar-refractivity contribution is 6.62. The molecule has 23 nitrogen and oxygen atoms in total. The average molecular weight is 1700 g/mol. The molecule has 1 fully saturated rings. The van der Waals surface area contributed by atoms with Crippen LogP contribution in [0.4, 0.5) is 4.79 Å². The summed E-state index contributed by atoms with van der Waals surface area (Å²) in [6, 6.07) is 43.8. The first-order chi connectivity index (χ1) is 55.5. The third-order valence-electron chi connectivity index (χ3n) is 17.2. The van der Waals surface area contributed by atoms with Crippen molar-refractivity contribution in [2.24, 2.45) is 0 Å². The number of esters is 1. The number of aryl methyl sites for hydroxylation is 5. The predicted molar refractivity (Wildman–Crippen MR) is 463 cm³/mol. The van der Waals surface area contributed by atoms with Gasteiger partial charge in [-0.2, -0.15) is 0 Å². The molecule has 28 heteroatoms. The number of benzene rings is 5. The average Bonchev–Trinajstić information content (AvgIpc) is 1.72. The zero-order valence-corrected chi connectivity index (χ0v) is 78.1. The van der Waals surface area contributed by atoms with Crippen LogP contribution in [-0.4, -0.2) is 167 Å². The van der Waals surface area contributed by atoms with Gasteiger partial charge in [-0.25, -0.2) is 4.79 Å². The van der Waals surface area contributed by atoms with Gasteiger partial charge in [-0.1, -0.05) is 73.3 Å². The monoisotopic (exact) mass is 1700 g/mol. The molecule has 0 radical (unpaired) electrons. The zero-order chi connectivity index (χ0) is 84.5. The van der Waals surface area contributed by atoms with Gasteiger partial charge < -0.3 is 94.8 Å². The van der Waals surface area contributed by atoms with Crippen molar-refractivity contribution in [3.63, 3.8) is 0 Å². The van der Waals surface area contributed by atoms with Gasteiger partial charge in [0.25, 0.3) is 0 Å². The highest BCUT2D eigenvalue weighted by Gasteiger charge is 2.45. The van der Waals surface area contributed by atoms with E-state index in [1.54, 1.807) is 32.9 Å². The number of carbonyl (C=O) groups is 2. The standard InChI is InChI=1S/C20H34O6Si.C20H34O5Si.C17H28O5Si.C17H28O4Si.C13H20O3Si/c1-7-22-27(23-8-2,24-9-3)16-10-11-17-12-14-18(15-13-17)25-19(21)26-20(4,5)6;1-4-22-26(23-5-2,24-6-3)17-9-10-18-12-14-19(15-13-18)25-20-11-7-8-16-21-20;1-5-19-23(20-6-2,21-7-3)14-8-9-16-10-12-17(13-11-16)22-15(4)18;1-5-18-17-13-11-16(12-14-17)10-9-15-22(19-6-2,20-7-3)21-8-4;1-3-14-17(15-4-2)11-7-9-12-8-5-6-10-13(12)16-17/h12-15H,7-11,16H2,1-6H3;12-15,20H,4-11,16-17H2,1-3H3;10-13H,5-9,14H2,1-4H3;5,11-14H,1,6-10,15H2,2-4H3;5-6,8,10H,3-4,7,9,11H2,1-2H3. The number of hydrogen-bond acceptors (Lipinski definition) is 23. The third-order valence-corrected chi connectivity index (χ3v) is 32.8. The minimum Gasteiger partial charge on any atom is -0.500 e. The van der Waals surface area contributed by atoms with Crippen LogP contribution in [0.2, 0.25) is 30.2 Å². The van der Waals surface area contributed by atoms with Crippen LogP contribution in [0.3, 0.4) is 0 Å². The highest BCUT2D eigenvalue weighted by Crippen LogP contribution is 2.33. The van der Waals surface area contributed by atoms with E-state index >= 15 is 0 Å². The van der Waals surface area contributed by atoms with Crippen LogP contribution in [0, 0.1) is 0 Å². The maximum Gasteiger partial charge on any atom is 0.566 e. The second kappa shape index (κ2) is 60.0. The van der Waals surface area contributed by atoms with Gasteiger partial charge in [0.05, 0.1) is 12.9 Å². The Morgan fingerprint density at radius 2 is 0.774 bits per heavy atom. The second-order valence-corrected chi connectivity index (χ2v) is 41.0. The maximum atomic E-state index is 11.7. The van der Waals surface area contributed by atoms with Crippen LogP contribution in [-0.2, 0) is 108 Å². The molecule has 0 bridgehead atoms. The van der Waals surface area contributed by atoms with E-state index in [9.17, 15) is 9.59 Å². The van der Waals surface area contributed by atoms with Crippen LogP contribution in [0.25, 0.3) is 0 Å². The van der Waals surface area contributed by atoms with E-state index in [-0.39, 0.29) is 12.3 Å². The van der Waals surface area contributed by atoms with Gasteiger partial charge in [0, 0.05) is 136 Å². The lowest BCUT2D eigenvalue weighted by Gasteiger charge is -2.28. The molecule has 0 N–H and O–H groups in total. The smallest absolute Gasteiger partial charge is 0.500 e. The number of rotatable bonds is 50. The van der Waals surface area contributed by atoms with Crippen LogP contribution < -0.4 is 23.4 Å². The first kappa shape index (κ1) is 104. The first-order valence-electron chi connectivity index (χ1n) is 42.2. The van der Waals surface area contributed by atoms with Crippen LogP contribution in [0.5, 0.6) is 28.7 Å². The van der Waals surface area contributed by atoms with Gasteiger partial charge in [-0.3, -0.25) is 4.79 Å². The minimum atomic E-state index is -2.59. The van der Waals surface area contributed by atoms with Gasteiger partial charge in [-0.05, 0) is 277 Å². The van der Waals surface area contributed by atoms with Crippen molar-refractivity contribution in [3.05, 3.63) is 162 Å². The number of hydrogen-bond donors (Lipinski definition) is 0. The van der Waals surface area contributed by atoms with Gasteiger partial charge in [-0.15, -0.1) is 0 Å². The summed E-state index contributed by atoms with van der Waals surface area (Å²) < 4.78 is 120. The summed E-state index contributed by atoms with van der Waals surface area (Å²) in [4.78, 5) is 22.6. The van der Waals surface area contributed by atoms with E-state index in [2.05, 4.69) is 43.0 Å². The predicted octanol–water partition coefficient (Wildman–Crippen LogP) is 20.4. The molecular weight excluding hydrogens is 1550 g/mol. The quantitative estimate of drug-likeness (QED) is 0.0116. The van der Waals surface area contributed by atoms with E-state index in [1.807, 2.05) is 170 Å². The lowest BCUT2D eigenvalue weighted by Crippen LogP contribution is -2.48. The van der Waals surface area contributed by atoms with Crippen molar-refractivity contribution in [2.75, 3.05) is 99.1 Å². The van der Waals surface area contributed by atoms with Crippen molar-refractivity contribution < 1.29 is 104 Å². The molecule has 2 heterocycles. The molecular formula is C87H144O23Si5. The van der Waals surface area contributed by atoms with E-state index in [0.717, 1.165) is 137 Å². The second-order valence-electron chi connectivity index (χ2n) is 27.4. The maximum absolute atomic E-state index is 11.7. The van der Waals surface area contributed by atoms with Crippen molar-refractivity contribution in [3.8, 4) is 28.7 Å². The summed E-state index contributed by atoms with van der Waals surface area (Å²) in [5.74, 6) is 3.36. The van der Waals surface area contributed by atoms with Crippen molar-refractivity contribution in [1.29, 1.82) is 0 Å². The Hall–Kier alpha value is -5.54. The molecule has 0 saturated carbocycles. The zero-order valence-electron chi connectivity index (χ0n) is 73.1.